The SMILES string of the molecule is Cc1ncc(Cn2cnc(C)c(Br)c2=O)s1. The standard InChI is InChI=1S/C10H10BrN3OS/c1-6-9(11)10(15)14(5-13-6)4-8-3-12-7(2)16-8/h3,5H,4H2,1-2H3. The van der Waals surface area contributed by atoms with Gasteiger partial charge in [-0.25, -0.2) is 9.97 Å². The van der Waals surface area contributed by atoms with E-state index in [9.17, 15) is 4.79 Å². The molecule has 0 spiro atoms. The van der Waals surface area contributed by atoms with Crippen LogP contribution in [0.2, 0.25) is 0 Å². The number of nitrogens with zero attached hydrogens (tertiary/aromatic N) is 3. The molecule has 2 rings (SSSR count). The van der Waals surface area contributed by atoms with E-state index >= 15 is 0 Å². The topological polar surface area (TPSA) is 47.8 Å². The van der Waals surface area contributed by atoms with Gasteiger partial charge in [0.05, 0.1) is 23.6 Å². The molecule has 0 amide bonds. The van der Waals surface area contributed by atoms with Crippen LogP contribution in [0.25, 0.3) is 0 Å². The van der Waals surface area contributed by atoms with Gasteiger partial charge in [0, 0.05) is 11.1 Å². The second-order valence-corrected chi connectivity index (χ2v) is 5.53. The quantitative estimate of drug-likeness (QED) is 0.853. The Balaban J connectivity index is 2.36. The third-order valence-corrected chi connectivity index (χ3v) is 3.96. The van der Waals surface area contributed by atoms with Crippen molar-refractivity contribution in [2.45, 2.75) is 20.4 Å². The summed E-state index contributed by atoms with van der Waals surface area (Å²) in [7, 11) is 0. The molecule has 0 aliphatic carbocycles. The minimum Gasteiger partial charge on any atom is -0.293 e. The molecule has 84 valence electrons. The molecular formula is C10H10BrN3OS. The second kappa shape index (κ2) is 4.47. The van der Waals surface area contributed by atoms with E-state index in [1.807, 2.05) is 6.92 Å². The summed E-state index contributed by atoms with van der Waals surface area (Å²) in [5.41, 5.74) is 0.653. The van der Waals surface area contributed by atoms with Gasteiger partial charge in [0.2, 0.25) is 0 Å². The van der Waals surface area contributed by atoms with Crippen LogP contribution in [0.4, 0.5) is 0 Å². The highest BCUT2D eigenvalue weighted by Gasteiger charge is 2.06. The van der Waals surface area contributed by atoms with Crippen LogP contribution in [0, 0.1) is 13.8 Å². The normalized spacial score (nSPS) is 10.7. The summed E-state index contributed by atoms with van der Waals surface area (Å²) in [5, 5.41) is 1.00. The maximum atomic E-state index is 11.9. The molecule has 2 heterocycles. The number of hydrogen-bond donors (Lipinski definition) is 0. The third-order valence-electron chi connectivity index (χ3n) is 2.15. The Labute approximate surface area is 105 Å². The lowest BCUT2D eigenvalue weighted by Crippen LogP contribution is -2.22. The first-order valence-electron chi connectivity index (χ1n) is 4.71. The van der Waals surface area contributed by atoms with Gasteiger partial charge in [-0.15, -0.1) is 11.3 Å². The molecule has 0 bridgehead atoms. The Bertz CT molecular complexity index is 576. The number of aryl methyl sites for hydroxylation is 2. The van der Waals surface area contributed by atoms with Crippen molar-refractivity contribution >= 4 is 27.3 Å². The molecule has 0 unspecified atom stereocenters. The largest absolute Gasteiger partial charge is 0.293 e. The van der Waals surface area contributed by atoms with Crippen LogP contribution in [-0.4, -0.2) is 14.5 Å². The summed E-state index contributed by atoms with van der Waals surface area (Å²) >= 11 is 4.83. The van der Waals surface area contributed by atoms with Crippen LogP contribution >= 0.6 is 27.3 Å². The maximum Gasteiger partial charge on any atom is 0.268 e. The highest BCUT2D eigenvalue weighted by Crippen LogP contribution is 2.13. The van der Waals surface area contributed by atoms with Crippen molar-refractivity contribution in [3.63, 3.8) is 0 Å². The Morgan fingerprint density at radius 1 is 1.44 bits per heavy atom. The number of thiazole rings is 1. The van der Waals surface area contributed by atoms with Crippen molar-refractivity contribution in [3.05, 3.63) is 42.9 Å². The maximum absolute atomic E-state index is 11.9. The number of rotatable bonds is 2. The first-order chi connectivity index (χ1) is 7.58. The molecule has 2 aromatic rings. The predicted octanol–water partition coefficient (Wildman–Crippen LogP) is 2.13. The first kappa shape index (κ1) is 11.5. The second-order valence-electron chi connectivity index (χ2n) is 3.42. The van der Waals surface area contributed by atoms with E-state index < -0.39 is 0 Å². The van der Waals surface area contributed by atoms with Gasteiger partial charge in [-0.1, -0.05) is 0 Å². The van der Waals surface area contributed by atoms with Crippen molar-refractivity contribution in [2.24, 2.45) is 0 Å². The van der Waals surface area contributed by atoms with E-state index in [1.54, 1.807) is 35.4 Å². The van der Waals surface area contributed by atoms with E-state index in [0.717, 1.165) is 9.88 Å². The van der Waals surface area contributed by atoms with Crippen molar-refractivity contribution in [1.82, 2.24) is 14.5 Å². The number of halogens is 1. The van der Waals surface area contributed by atoms with Gasteiger partial charge in [-0.05, 0) is 29.8 Å². The third kappa shape index (κ3) is 2.22. The highest BCUT2D eigenvalue weighted by atomic mass is 79.9. The van der Waals surface area contributed by atoms with Gasteiger partial charge in [0.25, 0.3) is 5.56 Å². The molecule has 0 aliphatic heterocycles. The summed E-state index contributed by atoms with van der Waals surface area (Å²) in [6, 6.07) is 0. The molecule has 2 aromatic heterocycles. The van der Waals surface area contributed by atoms with E-state index in [0.29, 0.717) is 16.7 Å². The fraction of sp³-hybridized carbons (Fsp3) is 0.300. The van der Waals surface area contributed by atoms with Gasteiger partial charge in [0.1, 0.15) is 4.47 Å². The summed E-state index contributed by atoms with van der Waals surface area (Å²) < 4.78 is 2.10. The molecule has 0 aromatic carbocycles. The zero-order valence-corrected chi connectivity index (χ0v) is 11.3. The van der Waals surface area contributed by atoms with E-state index in [2.05, 4.69) is 25.9 Å². The molecule has 4 nitrogen and oxygen atoms in total. The van der Waals surface area contributed by atoms with Crippen LogP contribution in [0.3, 0.4) is 0 Å². The minimum atomic E-state index is -0.0569. The average molecular weight is 300 g/mol. The fourth-order valence-corrected chi connectivity index (χ4v) is 2.43. The smallest absolute Gasteiger partial charge is 0.268 e. The highest BCUT2D eigenvalue weighted by molar-refractivity contribution is 9.10. The zero-order chi connectivity index (χ0) is 11.7. The lowest BCUT2D eigenvalue weighted by molar-refractivity contribution is 0.731. The number of aromatic nitrogens is 3. The summed E-state index contributed by atoms with van der Waals surface area (Å²) in [4.78, 5) is 21.2. The Morgan fingerprint density at radius 2 is 2.19 bits per heavy atom. The van der Waals surface area contributed by atoms with Crippen molar-refractivity contribution in [2.75, 3.05) is 0 Å². The molecule has 0 saturated carbocycles. The Kier molecular flexibility index (Phi) is 3.20. The molecule has 0 N–H and O–H groups in total. The van der Waals surface area contributed by atoms with E-state index in [-0.39, 0.29) is 5.56 Å². The Hall–Kier alpha value is -1.01. The summed E-state index contributed by atoms with van der Waals surface area (Å²) in [5.74, 6) is 0. The van der Waals surface area contributed by atoms with Gasteiger partial charge in [0.15, 0.2) is 0 Å². The molecule has 0 saturated heterocycles. The summed E-state index contributed by atoms with van der Waals surface area (Å²) in [6.07, 6.45) is 3.36. The van der Waals surface area contributed by atoms with E-state index in [1.165, 1.54) is 0 Å². The van der Waals surface area contributed by atoms with Crippen molar-refractivity contribution in [1.29, 1.82) is 0 Å². The predicted molar refractivity (Wildman–Crippen MR) is 66.9 cm³/mol. The van der Waals surface area contributed by atoms with Crippen LogP contribution in [-0.2, 0) is 6.54 Å². The monoisotopic (exact) mass is 299 g/mol. The van der Waals surface area contributed by atoms with Crippen LogP contribution < -0.4 is 5.56 Å². The van der Waals surface area contributed by atoms with Gasteiger partial charge in [-0.3, -0.25) is 9.36 Å². The number of hydrogen-bond acceptors (Lipinski definition) is 4. The molecule has 16 heavy (non-hydrogen) atoms. The molecular weight excluding hydrogens is 290 g/mol. The van der Waals surface area contributed by atoms with E-state index in [4.69, 9.17) is 0 Å². The lowest BCUT2D eigenvalue weighted by atomic mass is 10.4. The van der Waals surface area contributed by atoms with Gasteiger partial charge >= 0.3 is 0 Å². The van der Waals surface area contributed by atoms with Crippen LogP contribution in [0.1, 0.15) is 15.6 Å². The van der Waals surface area contributed by atoms with Crippen LogP contribution in [0.5, 0.6) is 0 Å². The van der Waals surface area contributed by atoms with Crippen molar-refractivity contribution < 1.29 is 0 Å². The fourth-order valence-electron chi connectivity index (χ4n) is 1.31. The zero-order valence-electron chi connectivity index (χ0n) is 8.90. The molecule has 0 atom stereocenters. The average Bonchev–Trinajstić information content (AvgIpc) is 2.65. The van der Waals surface area contributed by atoms with Crippen LogP contribution in [0.15, 0.2) is 21.8 Å². The Morgan fingerprint density at radius 3 is 2.81 bits per heavy atom. The molecule has 0 radical (unpaired) electrons. The molecule has 6 heteroatoms. The van der Waals surface area contributed by atoms with Gasteiger partial charge in [-0.2, -0.15) is 0 Å². The first-order valence-corrected chi connectivity index (χ1v) is 6.31. The van der Waals surface area contributed by atoms with Gasteiger partial charge < -0.3 is 0 Å². The van der Waals surface area contributed by atoms with Crippen molar-refractivity contribution in [3.8, 4) is 0 Å². The molecule has 0 aliphatic rings. The molecule has 0 fully saturated rings. The minimum absolute atomic E-state index is 0.0569. The lowest BCUT2D eigenvalue weighted by Gasteiger charge is -2.04. The summed E-state index contributed by atoms with van der Waals surface area (Å²) in [6.45, 7) is 4.27.